The summed E-state index contributed by atoms with van der Waals surface area (Å²) in [6.07, 6.45) is 0.366. The van der Waals surface area contributed by atoms with E-state index in [0.717, 1.165) is 11.3 Å². The van der Waals surface area contributed by atoms with Gasteiger partial charge >= 0.3 is 5.97 Å². The van der Waals surface area contributed by atoms with Gasteiger partial charge < -0.3 is 10.4 Å². The quantitative estimate of drug-likeness (QED) is 0.828. The van der Waals surface area contributed by atoms with Crippen LogP contribution in [0.15, 0.2) is 24.3 Å². The SMILES string of the molecule is CC(CCC(=O)O)C(=O)Nc1ccccc1C(C)C. The Morgan fingerprint density at radius 2 is 1.84 bits per heavy atom. The highest BCUT2D eigenvalue weighted by atomic mass is 16.4. The number of carbonyl (C=O) groups is 2. The van der Waals surface area contributed by atoms with Crippen LogP contribution in [-0.4, -0.2) is 17.0 Å². The summed E-state index contributed by atoms with van der Waals surface area (Å²) in [5, 5.41) is 11.5. The van der Waals surface area contributed by atoms with E-state index in [1.165, 1.54) is 0 Å². The lowest BCUT2D eigenvalue weighted by Gasteiger charge is -2.16. The number of hydrogen-bond donors (Lipinski definition) is 2. The standard InChI is InChI=1S/C15H21NO3/c1-10(2)12-6-4-5-7-13(12)16-15(19)11(3)8-9-14(17)18/h4-7,10-11H,8-9H2,1-3H3,(H,16,19)(H,17,18). The minimum absolute atomic E-state index is 0.0143. The van der Waals surface area contributed by atoms with Gasteiger partial charge in [-0.15, -0.1) is 0 Å². The van der Waals surface area contributed by atoms with Gasteiger partial charge in [-0.05, 0) is 24.0 Å². The van der Waals surface area contributed by atoms with Crippen molar-refractivity contribution in [2.75, 3.05) is 5.32 Å². The lowest BCUT2D eigenvalue weighted by molar-refractivity contribution is -0.137. The van der Waals surface area contributed by atoms with Crippen molar-refractivity contribution < 1.29 is 14.7 Å². The Balaban J connectivity index is 2.69. The summed E-state index contributed by atoms with van der Waals surface area (Å²) in [5.41, 5.74) is 1.89. The van der Waals surface area contributed by atoms with Gasteiger partial charge in [-0.25, -0.2) is 0 Å². The number of carboxylic acids is 1. The first-order chi connectivity index (χ1) is 8.91. The molecule has 0 aromatic heterocycles. The second-order valence-electron chi connectivity index (χ2n) is 5.06. The van der Waals surface area contributed by atoms with Gasteiger partial charge in [0.1, 0.15) is 0 Å². The van der Waals surface area contributed by atoms with E-state index in [9.17, 15) is 9.59 Å². The molecule has 0 saturated heterocycles. The molecule has 1 aromatic carbocycles. The summed E-state index contributed by atoms with van der Waals surface area (Å²) >= 11 is 0. The van der Waals surface area contributed by atoms with Gasteiger partial charge in [0.2, 0.25) is 5.91 Å². The number of amides is 1. The monoisotopic (exact) mass is 263 g/mol. The first kappa shape index (κ1) is 15.2. The third kappa shape index (κ3) is 4.73. The maximum absolute atomic E-state index is 12.0. The van der Waals surface area contributed by atoms with Gasteiger partial charge in [-0.1, -0.05) is 39.0 Å². The predicted molar refractivity (Wildman–Crippen MR) is 75.2 cm³/mol. The molecule has 0 aliphatic heterocycles. The molecule has 0 heterocycles. The minimum atomic E-state index is -0.873. The zero-order chi connectivity index (χ0) is 14.4. The Labute approximate surface area is 113 Å². The number of carbonyl (C=O) groups excluding carboxylic acids is 1. The topological polar surface area (TPSA) is 66.4 Å². The molecule has 1 atom stereocenters. The van der Waals surface area contributed by atoms with Crippen LogP contribution >= 0.6 is 0 Å². The smallest absolute Gasteiger partial charge is 0.303 e. The third-order valence-corrected chi connectivity index (χ3v) is 3.08. The van der Waals surface area contributed by atoms with Crippen molar-refractivity contribution in [2.45, 2.75) is 39.5 Å². The average Bonchev–Trinajstić information content (AvgIpc) is 2.36. The highest BCUT2D eigenvalue weighted by Crippen LogP contribution is 2.24. The molecule has 1 amide bonds. The molecule has 2 N–H and O–H groups in total. The molecule has 0 fully saturated rings. The first-order valence-corrected chi connectivity index (χ1v) is 6.53. The summed E-state index contributed by atoms with van der Waals surface area (Å²) < 4.78 is 0. The summed E-state index contributed by atoms with van der Waals surface area (Å²) in [7, 11) is 0. The van der Waals surface area contributed by atoms with E-state index in [1.54, 1.807) is 6.92 Å². The first-order valence-electron chi connectivity index (χ1n) is 6.53. The van der Waals surface area contributed by atoms with Crippen LogP contribution in [-0.2, 0) is 9.59 Å². The molecule has 1 unspecified atom stereocenters. The number of para-hydroxylation sites is 1. The van der Waals surface area contributed by atoms with Gasteiger partial charge in [0.15, 0.2) is 0 Å². The van der Waals surface area contributed by atoms with Crippen molar-refractivity contribution in [1.29, 1.82) is 0 Å². The van der Waals surface area contributed by atoms with Crippen molar-refractivity contribution >= 4 is 17.6 Å². The average molecular weight is 263 g/mol. The van der Waals surface area contributed by atoms with E-state index in [1.807, 2.05) is 24.3 Å². The lowest BCUT2D eigenvalue weighted by atomic mass is 10.00. The molecule has 1 aromatic rings. The van der Waals surface area contributed by atoms with Crippen molar-refractivity contribution in [3.05, 3.63) is 29.8 Å². The van der Waals surface area contributed by atoms with E-state index < -0.39 is 5.97 Å². The van der Waals surface area contributed by atoms with E-state index in [2.05, 4.69) is 19.2 Å². The molecule has 1 rings (SSSR count). The Hall–Kier alpha value is -1.84. The Bertz CT molecular complexity index is 454. The molecule has 0 radical (unpaired) electrons. The molecule has 0 spiro atoms. The van der Waals surface area contributed by atoms with E-state index in [-0.39, 0.29) is 18.2 Å². The van der Waals surface area contributed by atoms with Crippen LogP contribution in [0.5, 0.6) is 0 Å². The van der Waals surface area contributed by atoms with Gasteiger partial charge in [-0.2, -0.15) is 0 Å². The van der Waals surface area contributed by atoms with Crippen molar-refractivity contribution in [3.8, 4) is 0 Å². The highest BCUT2D eigenvalue weighted by molar-refractivity contribution is 5.93. The van der Waals surface area contributed by atoms with Gasteiger partial charge in [-0.3, -0.25) is 9.59 Å². The van der Waals surface area contributed by atoms with Crippen LogP contribution in [0.1, 0.15) is 45.1 Å². The molecule has 0 saturated carbocycles. The molecular weight excluding hydrogens is 242 g/mol. The minimum Gasteiger partial charge on any atom is -0.481 e. The summed E-state index contributed by atoms with van der Waals surface area (Å²) in [4.78, 5) is 22.5. The predicted octanol–water partition coefficient (Wildman–Crippen LogP) is 3.25. The molecule has 4 heteroatoms. The number of carboxylic acid groups (broad SMARTS) is 1. The molecule has 104 valence electrons. The van der Waals surface area contributed by atoms with Crippen LogP contribution in [0.25, 0.3) is 0 Å². The zero-order valence-corrected chi connectivity index (χ0v) is 11.6. The normalized spacial score (nSPS) is 12.2. The fraction of sp³-hybridized carbons (Fsp3) is 0.467. The van der Waals surface area contributed by atoms with Crippen LogP contribution in [0.2, 0.25) is 0 Å². The number of rotatable bonds is 6. The van der Waals surface area contributed by atoms with Crippen LogP contribution < -0.4 is 5.32 Å². The number of anilines is 1. The van der Waals surface area contributed by atoms with E-state index >= 15 is 0 Å². The van der Waals surface area contributed by atoms with Gasteiger partial charge in [0, 0.05) is 18.0 Å². The summed E-state index contributed by atoms with van der Waals surface area (Å²) in [5.74, 6) is -0.987. The summed E-state index contributed by atoms with van der Waals surface area (Å²) in [6.45, 7) is 5.88. The maximum atomic E-state index is 12.0. The number of hydrogen-bond acceptors (Lipinski definition) is 2. The van der Waals surface area contributed by atoms with Crippen molar-refractivity contribution in [1.82, 2.24) is 0 Å². The van der Waals surface area contributed by atoms with Gasteiger partial charge in [0.05, 0.1) is 0 Å². The van der Waals surface area contributed by atoms with Crippen LogP contribution in [0.3, 0.4) is 0 Å². The fourth-order valence-corrected chi connectivity index (χ4v) is 1.84. The molecule has 0 aliphatic carbocycles. The highest BCUT2D eigenvalue weighted by Gasteiger charge is 2.16. The molecule has 19 heavy (non-hydrogen) atoms. The largest absolute Gasteiger partial charge is 0.481 e. The molecular formula is C15H21NO3. The molecule has 0 aliphatic rings. The maximum Gasteiger partial charge on any atom is 0.303 e. The van der Waals surface area contributed by atoms with E-state index in [4.69, 9.17) is 5.11 Å². The number of aliphatic carboxylic acids is 1. The van der Waals surface area contributed by atoms with E-state index in [0.29, 0.717) is 12.3 Å². The Morgan fingerprint density at radius 1 is 1.21 bits per heavy atom. The number of benzene rings is 1. The summed E-state index contributed by atoms with van der Waals surface area (Å²) in [6, 6.07) is 7.68. The van der Waals surface area contributed by atoms with Crippen LogP contribution in [0, 0.1) is 5.92 Å². The van der Waals surface area contributed by atoms with Crippen molar-refractivity contribution in [3.63, 3.8) is 0 Å². The van der Waals surface area contributed by atoms with Crippen molar-refractivity contribution in [2.24, 2.45) is 5.92 Å². The second kappa shape index (κ2) is 6.92. The Kier molecular flexibility index (Phi) is 5.55. The second-order valence-corrected chi connectivity index (χ2v) is 5.06. The molecule has 4 nitrogen and oxygen atoms in total. The Morgan fingerprint density at radius 3 is 2.42 bits per heavy atom. The lowest BCUT2D eigenvalue weighted by Crippen LogP contribution is -2.22. The third-order valence-electron chi connectivity index (χ3n) is 3.08. The zero-order valence-electron chi connectivity index (χ0n) is 11.6. The molecule has 0 bridgehead atoms. The van der Waals surface area contributed by atoms with Gasteiger partial charge in [0.25, 0.3) is 0 Å². The van der Waals surface area contributed by atoms with Crippen LogP contribution in [0.4, 0.5) is 5.69 Å². The number of nitrogens with one attached hydrogen (secondary N) is 1. The fourth-order valence-electron chi connectivity index (χ4n) is 1.84.